The van der Waals surface area contributed by atoms with Crippen molar-refractivity contribution < 1.29 is 0 Å². The molecule has 1 heterocycles. The summed E-state index contributed by atoms with van der Waals surface area (Å²) in [5, 5.41) is 0. The van der Waals surface area contributed by atoms with Crippen molar-refractivity contribution in [3.63, 3.8) is 0 Å². The Morgan fingerprint density at radius 3 is 1.29 bits per heavy atom. The van der Waals surface area contributed by atoms with E-state index in [9.17, 15) is 0 Å². The van der Waals surface area contributed by atoms with Gasteiger partial charge in [-0.05, 0) is 0 Å². The molecule has 0 unspecified atom stereocenters. The second-order valence-electron chi connectivity index (χ2n) is 6.62. The Bertz CT molecular complexity index is 175. The average molecular weight is 258 g/mol. The van der Waals surface area contributed by atoms with Gasteiger partial charge >= 0.3 is 110 Å². The van der Waals surface area contributed by atoms with Gasteiger partial charge in [0.05, 0.1) is 0 Å². The van der Waals surface area contributed by atoms with Crippen molar-refractivity contribution in [1.29, 1.82) is 0 Å². The standard InChI is InChI=1S/C16H35P/c1-4-7-12-17(13-8-5-2,14-9-6-3)15-10-11-16-17/h4-16H2,1-3H3. The summed E-state index contributed by atoms with van der Waals surface area (Å²) in [6.07, 6.45) is 20.2. The van der Waals surface area contributed by atoms with Crippen molar-refractivity contribution in [3.8, 4) is 0 Å². The van der Waals surface area contributed by atoms with E-state index in [1.807, 2.05) is 0 Å². The van der Waals surface area contributed by atoms with Gasteiger partial charge in [-0.25, -0.2) is 0 Å². The predicted molar refractivity (Wildman–Crippen MR) is 85.2 cm³/mol. The van der Waals surface area contributed by atoms with Gasteiger partial charge in [-0.3, -0.25) is 0 Å². The molecular formula is C16H35P. The third kappa shape index (κ3) is 3.95. The molecule has 0 radical (unpaired) electrons. The fourth-order valence-electron chi connectivity index (χ4n) is 4.05. The van der Waals surface area contributed by atoms with E-state index in [2.05, 4.69) is 20.8 Å². The van der Waals surface area contributed by atoms with Gasteiger partial charge in [0.2, 0.25) is 0 Å². The zero-order chi connectivity index (χ0) is 12.6. The van der Waals surface area contributed by atoms with Crippen LogP contribution in [0.4, 0.5) is 0 Å². The summed E-state index contributed by atoms with van der Waals surface area (Å²) in [6, 6.07) is 0. The Morgan fingerprint density at radius 1 is 0.647 bits per heavy atom. The molecule has 0 N–H and O–H groups in total. The Morgan fingerprint density at radius 2 is 1.00 bits per heavy atom. The molecule has 1 saturated heterocycles. The Hall–Kier alpha value is 0.430. The summed E-state index contributed by atoms with van der Waals surface area (Å²) in [4.78, 5) is 0. The van der Waals surface area contributed by atoms with Crippen LogP contribution < -0.4 is 0 Å². The first kappa shape index (κ1) is 15.5. The van der Waals surface area contributed by atoms with Gasteiger partial charge in [0, 0.05) is 0 Å². The summed E-state index contributed by atoms with van der Waals surface area (Å²) < 4.78 is 0. The second kappa shape index (κ2) is 7.13. The van der Waals surface area contributed by atoms with Crippen LogP contribution in [-0.4, -0.2) is 30.8 Å². The molecule has 0 atom stereocenters. The van der Waals surface area contributed by atoms with Crippen molar-refractivity contribution >= 4 is 6.60 Å². The first-order valence-corrected chi connectivity index (χ1v) is 11.4. The molecule has 1 aliphatic rings. The molecule has 0 amide bonds. The van der Waals surface area contributed by atoms with E-state index in [4.69, 9.17) is 0 Å². The van der Waals surface area contributed by atoms with Gasteiger partial charge in [-0.1, -0.05) is 0 Å². The number of hydrogen-bond acceptors (Lipinski definition) is 0. The van der Waals surface area contributed by atoms with Crippen molar-refractivity contribution in [1.82, 2.24) is 0 Å². The molecule has 0 nitrogen and oxygen atoms in total. The molecule has 0 aromatic heterocycles. The van der Waals surface area contributed by atoms with Crippen LogP contribution in [-0.2, 0) is 0 Å². The minimum atomic E-state index is -1.22. The fraction of sp³-hybridized carbons (Fsp3) is 1.00. The molecule has 0 saturated carbocycles. The topological polar surface area (TPSA) is 0 Å². The van der Waals surface area contributed by atoms with Crippen LogP contribution >= 0.6 is 6.60 Å². The summed E-state index contributed by atoms with van der Waals surface area (Å²) in [7, 11) is 0. The van der Waals surface area contributed by atoms with Crippen LogP contribution in [0.3, 0.4) is 0 Å². The van der Waals surface area contributed by atoms with E-state index < -0.39 is 6.60 Å². The predicted octanol–water partition coefficient (Wildman–Crippen LogP) is 5.73. The van der Waals surface area contributed by atoms with Gasteiger partial charge in [0.25, 0.3) is 0 Å². The maximum atomic E-state index is 2.38. The molecule has 1 heteroatoms. The van der Waals surface area contributed by atoms with E-state index in [1.54, 1.807) is 43.7 Å². The van der Waals surface area contributed by atoms with E-state index in [0.717, 1.165) is 0 Å². The molecule has 1 aliphatic heterocycles. The second-order valence-corrected chi connectivity index (χ2v) is 13.3. The van der Waals surface area contributed by atoms with Crippen molar-refractivity contribution in [2.45, 2.75) is 72.1 Å². The van der Waals surface area contributed by atoms with Gasteiger partial charge in [0.1, 0.15) is 0 Å². The molecule has 0 spiro atoms. The maximum absolute atomic E-state index is 2.38. The first-order valence-electron chi connectivity index (χ1n) is 8.20. The molecule has 104 valence electrons. The van der Waals surface area contributed by atoms with Gasteiger partial charge in [-0.2, -0.15) is 0 Å². The van der Waals surface area contributed by atoms with E-state index >= 15 is 0 Å². The SMILES string of the molecule is CCCCP1(CCCC)(CCCC)CCCC1. The Kier molecular flexibility index (Phi) is 6.49. The fourth-order valence-corrected chi connectivity index (χ4v) is 12.2. The summed E-state index contributed by atoms with van der Waals surface area (Å²) in [5.74, 6) is 0. The Balaban J connectivity index is 2.75. The van der Waals surface area contributed by atoms with Crippen LogP contribution in [0.2, 0.25) is 0 Å². The van der Waals surface area contributed by atoms with Crippen LogP contribution in [0, 0.1) is 0 Å². The summed E-state index contributed by atoms with van der Waals surface area (Å²) in [6.45, 7) is 5.91. The van der Waals surface area contributed by atoms with Crippen molar-refractivity contribution in [2.75, 3.05) is 30.8 Å². The van der Waals surface area contributed by atoms with Gasteiger partial charge in [0.15, 0.2) is 0 Å². The van der Waals surface area contributed by atoms with Gasteiger partial charge < -0.3 is 0 Å². The van der Waals surface area contributed by atoms with Crippen LogP contribution in [0.5, 0.6) is 0 Å². The minimum absolute atomic E-state index is 1.22. The molecule has 0 aliphatic carbocycles. The van der Waals surface area contributed by atoms with Crippen LogP contribution in [0.15, 0.2) is 0 Å². The zero-order valence-corrected chi connectivity index (χ0v) is 13.5. The van der Waals surface area contributed by atoms with E-state index in [1.165, 1.54) is 38.5 Å². The third-order valence-electron chi connectivity index (χ3n) is 5.26. The van der Waals surface area contributed by atoms with Crippen LogP contribution in [0.1, 0.15) is 72.1 Å². The summed E-state index contributed by atoms with van der Waals surface area (Å²) >= 11 is 0. The van der Waals surface area contributed by atoms with Gasteiger partial charge in [-0.15, -0.1) is 0 Å². The normalized spacial score (nSPS) is 24.3. The molecular weight excluding hydrogens is 223 g/mol. The molecule has 0 aromatic rings. The average Bonchev–Trinajstić information content (AvgIpc) is 2.78. The molecule has 0 aromatic carbocycles. The number of rotatable bonds is 9. The van der Waals surface area contributed by atoms with Crippen molar-refractivity contribution in [3.05, 3.63) is 0 Å². The number of hydrogen-bond donors (Lipinski definition) is 0. The van der Waals surface area contributed by atoms with Crippen molar-refractivity contribution in [2.24, 2.45) is 0 Å². The first-order chi connectivity index (χ1) is 8.20. The molecule has 1 fully saturated rings. The summed E-state index contributed by atoms with van der Waals surface area (Å²) in [5.41, 5.74) is 0. The monoisotopic (exact) mass is 258 g/mol. The number of unbranched alkanes of at least 4 members (excludes halogenated alkanes) is 3. The van der Waals surface area contributed by atoms with Crippen LogP contribution in [0.25, 0.3) is 0 Å². The molecule has 1 rings (SSSR count). The Labute approximate surface area is 110 Å². The molecule has 17 heavy (non-hydrogen) atoms. The van der Waals surface area contributed by atoms with E-state index in [0.29, 0.717) is 0 Å². The third-order valence-corrected chi connectivity index (χ3v) is 13.2. The zero-order valence-electron chi connectivity index (χ0n) is 12.6. The quantitative estimate of drug-likeness (QED) is 0.463. The van der Waals surface area contributed by atoms with E-state index in [-0.39, 0.29) is 0 Å². The molecule has 0 bridgehead atoms.